The van der Waals surface area contributed by atoms with Crippen LogP contribution in [0.4, 0.5) is 0 Å². The van der Waals surface area contributed by atoms with Crippen molar-refractivity contribution in [3.05, 3.63) is 69.9 Å². The van der Waals surface area contributed by atoms with Crippen LogP contribution in [0.15, 0.2) is 61.3 Å². The van der Waals surface area contributed by atoms with Crippen molar-refractivity contribution in [1.82, 2.24) is 4.98 Å². The molecular weight excluding hydrogens is 322 g/mol. The Morgan fingerprint density at radius 1 is 1.08 bits per heavy atom. The van der Waals surface area contributed by atoms with Crippen LogP contribution in [-0.4, -0.2) is 4.98 Å². The smallest absolute Gasteiger partial charge is 0.336 e. The van der Waals surface area contributed by atoms with Crippen LogP contribution in [0.1, 0.15) is 17.0 Å². The lowest BCUT2D eigenvalue weighted by molar-refractivity contribution is 0.431. The predicted molar refractivity (Wildman–Crippen MR) is 95.5 cm³/mol. The zero-order valence-electron chi connectivity index (χ0n) is 13.3. The lowest BCUT2D eigenvalue weighted by atomic mass is 10.0. The second-order valence-electron chi connectivity index (χ2n) is 5.66. The predicted octanol–water partition coefficient (Wildman–Crippen LogP) is 4.84. The molecule has 2 heterocycles. The van der Waals surface area contributed by atoms with Crippen molar-refractivity contribution >= 4 is 33.5 Å². The molecule has 0 radical (unpaired) electrons. The molecule has 0 aliphatic heterocycles. The Kier molecular flexibility index (Phi) is 3.65. The molecule has 0 atom stereocenters. The van der Waals surface area contributed by atoms with Crippen molar-refractivity contribution in [3.8, 4) is 0 Å². The van der Waals surface area contributed by atoms with Crippen LogP contribution >= 0.6 is 11.8 Å². The number of aryl methyl sites for hydroxylation is 2. The summed E-state index contributed by atoms with van der Waals surface area (Å²) in [4.78, 5) is 16.3. The fraction of sp³-hybridized carbons (Fsp3) is 0.158. The van der Waals surface area contributed by atoms with Crippen molar-refractivity contribution in [2.24, 2.45) is 0 Å². The van der Waals surface area contributed by atoms with Crippen LogP contribution in [0.2, 0.25) is 0 Å². The molecule has 4 rings (SSSR count). The first kappa shape index (κ1) is 15.0. The number of aromatic nitrogens is 1. The molecule has 5 heteroatoms. The number of hydrogen-bond donors (Lipinski definition) is 0. The highest BCUT2D eigenvalue weighted by Crippen LogP contribution is 2.31. The van der Waals surface area contributed by atoms with Crippen molar-refractivity contribution in [1.29, 1.82) is 0 Å². The fourth-order valence-corrected chi connectivity index (χ4v) is 3.67. The monoisotopic (exact) mass is 337 g/mol. The summed E-state index contributed by atoms with van der Waals surface area (Å²) in [6.07, 6.45) is 0. The summed E-state index contributed by atoms with van der Waals surface area (Å²) in [6.45, 7) is 3.81. The van der Waals surface area contributed by atoms with Crippen LogP contribution in [0.3, 0.4) is 0 Å². The van der Waals surface area contributed by atoms with Crippen molar-refractivity contribution < 1.29 is 8.83 Å². The summed E-state index contributed by atoms with van der Waals surface area (Å²) in [5, 5.41) is 3.79. The van der Waals surface area contributed by atoms with E-state index in [2.05, 4.69) is 11.1 Å². The third-order valence-electron chi connectivity index (χ3n) is 4.07. The summed E-state index contributed by atoms with van der Waals surface area (Å²) in [5.41, 5.74) is 2.08. The minimum atomic E-state index is -0.340. The van der Waals surface area contributed by atoms with Gasteiger partial charge in [-0.05, 0) is 36.2 Å². The Morgan fingerprint density at radius 3 is 2.71 bits per heavy atom. The van der Waals surface area contributed by atoms with Gasteiger partial charge in [0, 0.05) is 17.2 Å². The van der Waals surface area contributed by atoms with Gasteiger partial charge < -0.3 is 8.83 Å². The average Bonchev–Trinajstić information content (AvgIpc) is 2.90. The van der Waals surface area contributed by atoms with Crippen molar-refractivity contribution in [3.63, 3.8) is 0 Å². The number of rotatable bonds is 3. The van der Waals surface area contributed by atoms with Crippen molar-refractivity contribution in [2.45, 2.75) is 24.8 Å². The molecule has 120 valence electrons. The van der Waals surface area contributed by atoms with E-state index in [1.165, 1.54) is 11.8 Å². The molecular formula is C19H15NO3S. The van der Waals surface area contributed by atoms with Crippen LogP contribution in [0.25, 0.3) is 21.7 Å². The maximum atomic E-state index is 11.9. The van der Waals surface area contributed by atoms with Gasteiger partial charge in [0.1, 0.15) is 11.3 Å². The SMILES string of the molecule is Cc1nc(SCc2cc(=O)oc3ccc4ccccc4c23)oc1C. The van der Waals surface area contributed by atoms with Gasteiger partial charge >= 0.3 is 5.63 Å². The summed E-state index contributed by atoms with van der Waals surface area (Å²) in [7, 11) is 0. The maximum absolute atomic E-state index is 11.9. The topological polar surface area (TPSA) is 56.2 Å². The molecule has 0 aliphatic rings. The summed E-state index contributed by atoms with van der Waals surface area (Å²) >= 11 is 1.48. The molecule has 0 unspecified atom stereocenters. The fourth-order valence-electron chi connectivity index (χ4n) is 2.78. The summed E-state index contributed by atoms with van der Waals surface area (Å²) in [6, 6.07) is 13.5. The third-order valence-corrected chi connectivity index (χ3v) is 4.95. The second-order valence-corrected chi connectivity index (χ2v) is 6.59. The zero-order valence-corrected chi connectivity index (χ0v) is 14.1. The molecule has 0 aliphatic carbocycles. The quantitative estimate of drug-likeness (QED) is 0.304. The zero-order chi connectivity index (χ0) is 16.7. The summed E-state index contributed by atoms with van der Waals surface area (Å²) < 4.78 is 11.0. The van der Waals surface area contributed by atoms with Gasteiger partial charge in [0.05, 0.1) is 5.69 Å². The van der Waals surface area contributed by atoms with Crippen LogP contribution in [0, 0.1) is 13.8 Å². The number of fused-ring (bicyclic) bond motifs is 3. The van der Waals surface area contributed by atoms with E-state index < -0.39 is 0 Å². The van der Waals surface area contributed by atoms with Crippen LogP contribution in [0.5, 0.6) is 0 Å². The Morgan fingerprint density at radius 2 is 1.92 bits per heavy atom. The number of benzene rings is 2. The highest BCUT2D eigenvalue weighted by atomic mass is 32.2. The van der Waals surface area contributed by atoms with Gasteiger partial charge in [-0.25, -0.2) is 9.78 Å². The Balaban J connectivity index is 1.84. The molecule has 0 fully saturated rings. The van der Waals surface area contributed by atoms with E-state index >= 15 is 0 Å². The first-order chi connectivity index (χ1) is 11.6. The van der Waals surface area contributed by atoms with E-state index in [4.69, 9.17) is 8.83 Å². The van der Waals surface area contributed by atoms with Gasteiger partial charge in [-0.2, -0.15) is 0 Å². The van der Waals surface area contributed by atoms with Crippen molar-refractivity contribution in [2.75, 3.05) is 0 Å². The third kappa shape index (κ3) is 2.61. The standard InChI is InChI=1S/C19H15NO3S/c1-11-12(2)22-19(20-11)24-10-14-9-17(21)23-16-8-7-13-5-3-4-6-15(13)18(14)16/h3-9H,10H2,1-2H3. The van der Waals surface area contributed by atoms with E-state index in [1.54, 1.807) is 6.07 Å². The maximum Gasteiger partial charge on any atom is 0.336 e. The summed E-state index contributed by atoms with van der Waals surface area (Å²) in [5.74, 6) is 1.41. The average molecular weight is 337 g/mol. The van der Waals surface area contributed by atoms with Crippen LogP contribution < -0.4 is 5.63 Å². The number of nitrogens with zero attached hydrogens (tertiary/aromatic N) is 1. The molecule has 2 aromatic heterocycles. The highest BCUT2D eigenvalue weighted by molar-refractivity contribution is 7.98. The van der Waals surface area contributed by atoms with Gasteiger partial charge in [0.2, 0.25) is 0 Å². The van der Waals surface area contributed by atoms with Gasteiger partial charge in [0.15, 0.2) is 0 Å². The molecule has 4 nitrogen and oxygen atoms in total. The molecule has 0 spiro atoms. The first-order valence-corrected chi connectivity index (χ1v) is 8.62. The largest absolute Gasteiger partial charge is 0.437 e. The molecule has 24 heavy (non-hydrogen) atoms. The lowest BCUT2D eigenvalue weighted by Gasteiger charge is -2.07. The van der Waals surface area contributed by atoms with E-state index in [9.17, 15) is 4.79 Å². The molecule has 0 N–H and O–H groups in total. The molecule has 2 aromatic carbocycles. The van der Waals surface area contributed by atoms with Gasteiger partial charge in [-0.15, -0.1) is 0 Å². The first-order valence-electron chi connectivity index (χ1n) is 7.63. The van der Waals surface area contributed by atoms with E-state index in [0.29, 0.717) is 16.6 Å². The van der Waals surface area contributed by atoms with Gasteiger partial charge in [0.25, 0.3) is 5.22 Å². The van der Waals surface area contributed by atoms with E-state index in [0.717, 1.165) is 33.2 Å². The molecule has 0 amide bonds. The second kappa shape index (κ2) is 5.83. The molecule has 0 saturated carbocycles. The normalized spacial score (nSPS) is 11.4. The minimum absolute atomic E-state index is 0.340. The molecule has 0 bridgehead atoms. The Hall–Kier alpha value is -2.53. The molecule has 4 aromatic rings. The van der Waals surface area contributed by atoms with Gasteiger partial charge in [-0.3, -0.25) is 0 Å². The molecule has 0 saturated heterocycles. The van der Waals surface area contributed by atoms with E-state index in [-0.39, 0.29) is 5.63 Å². The number of hydrogen-bond acceptors (Lipinski definition) is 5. The Bertz CT molecular complexity index is 1090. The van der Waals surface area contributed by atoms with E-state index in [1.807, 2.05) is 44.2 Å². The number of thioether (sulfide) groups is 1. The lowest BCUT2D eigenvalue weighted by Crippen LogP contribution is -2.00. The Labute approximate surface area is 142 Å². The highest BCUT2D eigenvalue weighted by Gasteiger charge is 2.12. The minimum Gasteiger partial charge on any atom is -0.437 e. The van der Waals surface area contributed by atoms with Crippen LogP contribution in [-0.2, 0) is 5.75 Å². The number of oxazole rings is 1. The van der Waals surface area contributed by atoms with Gasteiger partial charge in [-0.1, -0.05) is 42.1 Å².